The van der Waals surface area contributed by atoms with Crippen molar-refractivity contribution in [1.82, 2.24) is 15.5 Å². The molecular weight excluding hydrogens is 316 g/mol. The highest BCUT2D eigenvalue weighted by molar-refractivity contribution is 7.09. The molecule has 2 N–H and O–H groups in total. The van der Waals surface area contributed by atoms with Gasteiger partial charge in [0, 0.05) is 31.6 Å². The van der Waals surface area contributed by atoms with Gasteiger partial charge in [-0.05, 0) is 62.1 Å². The van der Waals surface area contributed by atoms with Gasteiger partial charge in [-0.25, -0.2) is 0 Å². The summed E-state index contributed by atoms with van der Waals surface area (Å²) in [6.07, 6.45) is 5.04. The van der Waals surface area contributed by atoms with Gasteiger partial charge in [-0.1, -0.05) is 19.9 Å². The summed E-state index contributed by atoms with van der Waals surface area (Å²) in [4.78, 5) is 8.41. The van der Waals surface area contributed by atoms with E-state index in [0.29, 0.717) is 0 Å². The Labute approximate surface area is 151 Å². The Bertz CT molecular complexity index is 462. The highest BCUT2D eigenvalue weighted by Gasteiger charge is 2.19. The molecule has 1 aromatic heterocycles. The third-order valence-corrected chi connectivity index (χ3v) is 5.56. The largest absolute Gasteiger partial charge is 0.356 e. The lowest BCUT2D eigenvalue weighted by molar-refractivity contribution is 0.179. The predicted molar refractivity (Wildman–Crippen MR) is 106 cm³/mol. The maximum Gasteiger partial charge on any atom is 0.190 e. The molecule has 1 aromatic rings. The van der Waals surface area contributed by atoms with Crippen LogP contribution >= 0.6 is 11.3 Å². The maximum atomic E-state index is 4.34. The zero-order valence-corrected chi connectivity index (χ0v) is 16.4. The molecular formula is C19H34N4S. The molecule has 0 unspecified atom stereocenters. The number of nitrogens with zero attached hydrogens (tertiary/aromatic N) is 2. The molecule has 1 aliphatic rings. The number of rotatable bonds is 8. The smallest absolute Gasteiger partial charge is 0.190 e. The van der Waals surface area contributed by atoms with E-state index in [0.717, 1.165) is 37.4 Å². The summed E-state index contributed by atoms with van der Waals surface area (Å²) in [6, 6.07) is 4.39. The normalized spacial score (nSPS) is 17.4. The van der Waals surface area contributed by atoms with Crippen LogP contribution in [0.25, 0.3) is 0 Å². The second kappa shape index (κ2) is 10.7. The van der Waals surface area contributed by atoms with Crippen molar-refractivity contribution in [3.63, 3.8) is 0 Å². The first kappa shape index (κ1) is 19.3. The highest BCUT2D eigenvalue weighted by Crippen LogP contribution is 2.20. The fraction of sp³-hybridized carbons (Fsp3) is 0.737. The van der Waals surface area contributed by atoms with Crippen LogP contribution in [0.4, 0.5) is 0 Å². The first-order valence-corrected chi connectivity index (χ1v) is 10.2. The number of thiophene rings is 1. The highest BCUT2D eigenvalue weighted by atomic mass is 32.1. The second-order valence-electron chi connectivity index (χ2n) is 7.21. The molecule has 0 bridgehead atoms. The van der Waals surface area contributed by atoms with Crippen molar-refractivity contribution < 1.29 is 0 Å². The molecule has 5 heteroatoms. The van der Waals surface area contributed by atoms with Crippen molar-refractivity contribution in [2.75, 3.05) is 33.2 Å². The van der Waals surface area contributed by atoms with Crippen LogP contribution in [0.3, 0.4) is 0 Å². The fourth-order valence-electron chi connectivity index (χ4n) is 3.15. The number of piperidine rings is 1. The van der Waals surface area contributed by atoms with Gasteiger partial charge in [-0.15, -0.1) is 11.3 Å². The number of hydrogen-bond donors (Lipinski definition) is 2. The molecule has 2 heterocycles. The Kier molecular flexibility index (Phi) is 8.60. The van der Waals surface area contributed by atoms with Crippen molar-refractivity contribution in [2.45, 2.75) is 46.1 Å². The van der Waals surface area contributed by atoms with Crippen LogP contribution in [0.15, 0.2) is 22.5 Å². The molecule has 0 aliphatic carbocycles. The summed E-state index contributed by atoms with van der Waals surface area (Å²) in [5.74, 6) is 2.50. The van der Waals surface area contributed by atoms with Crippen molar-refractivity contribution in [3.8, 4) is 0 Å². The first-order valence-electron chi connectivity index (χ1n) is 9.36. The van der Waals surface area contributed by atoms with Gasteiger partial charge in [0.2, 0.25) is 0 Å². The van der Waals surface area contributed by atoms with Gasteiger partial charge in [0.1, 0.15) is 0 Å². The maximum absolute atomic E-state index is 4.34. The minimum Gasteiger partial charge on any atom is -0.356 e. The number of likely N-dealkylation sites (tertiary alicyclic amines) is 1. The van der Waals surface area contributed by atoms with E-state index in [1.807, 2.05) is 18.4 Å². The summed E-state index contributed by atoms with van der Waals surface area (Å²) >= 11 is 1.87. The van der Waals surface area contributed by atoms with Crippen LogP contribution in [0.5, 0.6) is 0 Å². The first-order chi connectivity index (χ1) is 11.7. The summed E-state index contributed by atoms with van der Waals surface area (Å²) in [6.45, 7) is 10.1. The molecule has 136 valence electrons. The molecule has 2 rings (SSSR count). The second-order valence-corrected chi connectivity index (χ2v) is 8.25. The minimum absolute atomic E-state index is 0.763. The quantitative estimate of drug-likeness (QED) is 0.428. The number of nitrogens with one attached hydrogen (secondary N) is 2. The van der Waals surface area contributed by atoms with Crippen LogP contribution in [0.1, 0.15) is 44.4 Å². The van der Waals surface area contributed by atoms with Gasteiger partial charge in [0.05, 0.1) is 0 Å². The van der Waals surface area contributed by atoms with Crippen molar-refractivity contribution in [2.24, 2.45) is 16.8 Å². The van der Waals surface area contributed by atoms with E-state index < -0.39 is 0 Å². The Morgan fingerprint density at radius 2 is 2.12 bits per heavy atom. The molecule has 24 heavy (non-hydrogen) atoms. The molecule has 1 aliphatic heterocycles. The Hall–Kier alpha value is -1.07. The molecule has 0 atom stereocenters. The van der Waals surface area contributed by atoms with E-state index in [1.165, 1.54) is 43.6 Å². The van der Waals surface area contributed by atoms with Gasteiger partial charge in [0.25, 0.3) is 0 Å². The number of hydrogen-bond acceptors (Lipinski definition) is 3. The summed E-state index contributed by atoms with van der Waals surface area (Å²) < 4.78 is 0. The topological polar surface area (TPSA) is 39.7 Å². The third kappa shape index (κ3) is 7.22. The predicted octanol–water partition coefficient (Wildman–Crippen LogP) is 3.56. The molecule has 1 fully saturated rings. The lowest BCUT2D eigenvalue weighted by Crippen LogP contribution is -2.43. The van der Waals surface area contributed by atoms with E-state index in [9.17, 15) is 0 Å². The molecule has 1 saturated heterocycles. The SMILES string of the molecule is CN=C(NCCCC(C)C)NCC1CCN(Cc2cccs2)CC1. The molecule has 0 saturated carbocycles. The fourth-order valence-corrected chi connectivity index (χ4v) is 3.90. The van der Waals surface area contributed by atoms with Crippen molar-refractivity contribution >= 4 is 17.3 Å². The van der Waals surface area contributed by atoms with Crippen LogP contribution in [0.2, 0.25) is 0 Å². The monoisotopic (exact) mass is 350 g/mol. The number of aliphatic imine (C=N–C) groups is 1. The Morgan fingerprint density at radius 1 is 1.33 bits per heavy atom. The van der Waals surface area contributed by atoms with Gasteiger partial charge < -0.3 is 10.6 Å². The van der Waals surface area contributed by atoms with Gasteiger partial charge in [-0.3, -0.25) is 9.89 Å². The Balaban J connectivity index is 1.59. The molecule has 0 spiro atoms. The lowest BCUT2D eigenvalue weighted by Gasteiger charge is -2.32. The molecule has 0 aromatic carbocycles. The van der Waals surface area contributed by atoms with Crippen LogP contribution < -0.4 is 10.6 Å². The zero-order valence-electron chi connectivity index (χ0n) is 15.6. The average Bonchev–Trinajstić information content (AvgIpc) is 3.08. The van der Waals surface area contributed by atoms with Crippen molar-refractivity contribution in [3.05, 3.63) is 22.4 Å². The van der Waals surface area contributed by atoms with Gasteiger partial charge in [-0.2, -0.15) is 0 Å². The average molecular weight is 351 g/mol. The molecule has 0 radical (unpaired) electrons. The van der Waals surface area contributed by atoms with Crippen LogP contribution in [-0.4, -0.2) is 44.1 Å². The molecule has 0 amide bonds. The minimum atomic E-state index is 0.763. The Morgan fingerprint density at radius 3 is 2.75 bits per heavy atom. The summed E-state index contributed by atoms with van der Waals surface area (Å²) in [5, 5.41) is 9.12. The summed E-state index contributed by atoms with van der Waals surface area (Å²) in [5.41, 5.74) is 0. The van der Waals surface area contributed by atoms with E-state index in [1.54, 1.807) is 0 Å². The standard InChI is InChI=1S/C19H34N4S/c1-16(2)6-4-10-21-19(20-3)22-14-17-8-11-23(12-9-17)15-18-7-5-13-24-18/h5,7,13,16-17H,4,6,8-12,14-15H2,1-3H3,(H2,20,21,22). The van der Waals surface area contributed by atoms with Crippen LogP contribution in [-0.2, 0) is 6.54 Å². The third-order valence-electron chi connectivity index (χ3n) is 4.70. The van der Waals surface area contributed by atoms with E-state index in [-0.39, 0.29) is 0 Å². The van der Waals surface area contributed by atoms with Crippen LogP contribution in [0, 0.1) is 11.8 Å². The molecule has 4 nitrogen and oxygen atoms in total. The van der Waals surface area contributed by atoms with E-state index >= 15 is 0 Å². The summed E-state index contributed by atoms with van der Waals surface area (Å²) in [7, 11) is 1.86. The van der Waals surface area contributed by atoms with E-state index in [2.05, 4.69) is 51.9 Å². The van der Waals surface area contributed by atoms with Crippen molar-refractivity contribution in [1.29, 1.82) is 0 Å². The van der Waals surface area contributed by atoms with Gasteiger partial charge in [0.15, 0.2) is 5.96 Å². The van der Waals surface area contributed by atoms with E-state index in [4.69, 9.17) is 0 Å². The number of guanidine groups is 1. The van der Waals surface area contributed by atoms with Gasteiger partial charge >= 0.3 is 0 Å². The lowest BCUT2D eigenvalue weighted by atomic mass is 9.97. The zero-order chi connectivity index (χ0) is 17.2.